The molecule has 3 aromatic heterocycles. The van der Waals surface area contributed by atoms with Crippen molar-refractivity contribution < 1.29 is 4.79 Å². The maximum atomic E-state index is 13.4. The molecule has 7 nitrogen and oxygen atoms in total. The van der Waals surface area contributed by atoms with Gasteiger partial charge in [0.1, 0.15) is 11.3 Å². The van der Waals surface area contributed by atoms with E-state index in [9.17, 15) is 4.79 Å². The molecule has 4 heterocycles. The summed E-state index contributed by atoms with van der Waals surface area (Å²) < 4.78 is 2.07. The van der Waals surface area contributed by atoms with Gasteiger partial charge in [0.05, 0.1) is 11.3 Å². The van der Waals surface area contributed by atoms with Crippen LogP contribution in [-0.2, 0) is 0 Å². The van der Waals surface area contributed by atoms with Crippen LogP contribution in [0.3, 0.4) is 0 Å². The largest absolute Gasteiger partial charge is 0.383 e. The van der Waals surface area contributed by atoms with Gasteiger partial charge in [-0.1, -0.05) is 93.1 Å². The molecule has 0 unspecified atom stereocenters. The molecule has 1 amide bonds. The topological polar surface area (TPSA) is 89.9 Å². The first-order chi connectivity index (χ1) is 24.1. The fourth-order valence-electron chi connectivity index (χ4n) is 7.56. The number of amides is 1. The van der Waals surface area contributed by atoms with Crippen LogP contribution < -0.4 is 5.73 Å². The van der Waals surface area contributed by atoms with Crippen molar-refractivity contribution in [3.8, 4) is 28.3 Å². The van der Waals surface area contributed by atoms with Crippen molar-refractivity contribution in [2.75, 3.05) is 18.8 Å². The Balaban J connectivity index is 1.01. The summed E-state index contributed by atoms with van der Waals surface area (Å²) in [6.45, 7) is 1.44. The second-order valence-corrected chi connectivity index (χ2v) is 13.6. The van der Waals surface area contributed by atoms with Gasteiger partial charge < -0.3 is 10.6 Å². The Hall–Kier alpha value is -5.30. The minimum Gasteiger partial charge on any atom is -0.383 e. The normalized spacial score (nSPS) is 16.1. The Morgan fingerprint density at radius 2 is 1.35 bits per heavy atom. The summed E-state index contributed by atoms with van der Waals surface area (Å²) in [5.41, 5.74) is 14.9. The molecule has 1 saturated carbocycles. The Bertz CT molecular complexity index is 2050. The number of hydrogen-bond donors (Lipinski definition) is 1. The number of pyridine rings is 2. The number of nitrogens with zero attached hydrogens (tertiary/aromatic N) is 5. The Kier molecular flexibility index (Phi) is 8.65. The number of benzene rings is 3. The highest BCUT2D eigenvalue weighted by Gasteiger charge is 2.32. The highest BCUT2D eigenvalue weighted by atomic mass is 16.2. The minimum atomic E-state index is 0.123. The van der Waals surface area contributed by atoms with E-state index in [2.05, 4.69) is 58.1 Å². The van der Waals surface area contributed by atoms with Crippen LogP contribution in [0.2, 0.25) is 0 Å². The number of nitrogen functional groups attached to an aromatic ring is 1. The van der Waals surface area contributed by atoms with Gasteiger partial charge in [-0.2, -0.15) is 0 Å². The first kappa shape index (κ1) is 31.0. The zero-order valence-electron chi connectivity index (χ0n) is 27.8. The Labute approximate surface area is 287 Å². The van der Waals surface area contributed by atoms with Crippen LogP contribution in [0.15, 0.2) is 109 Å². The molecular weight excluding hydrogens is 605 g/mol. The number of carbonyl (C=O) groups is 1. The number of rotatable bonds is 6. The van der Waals surface area contributed by atoms with Crippen molar-refractivity contribution in [2.24, 2.45) is 0 Å². The summed E-state index contributed by atoms with van der Waals surface area (Å²) in [7, 11) is 0. The monoisotopic (exact) mass is 646 g/mol. The van der Waals surface area contributed by atoms with E-state index in [1.54, 1.807) is 6.20 Å². The molecule has 2 aliphatic rings. The second-order valence-electron chi connectivity index (χ2n) is 13.6. The molecule has 0 atom stereocenters. The summed E-state index contributed by atoms with van der Waals surface area (Å²) in [4.78, 5) is 29.8. The van der Waals surface area contributed by atoms with Crippen molar-refractivity contribution in [1.29, 1.82) is 0 Å². The van der Waals surface area contributed by atoms with Crippen molar-refractivity contribution in [1.82, 2.24) is 24.4 Å². The van der Waals surface area contributed by atoms with Crippen LogP contribution in [0.4, 0.5) is 5.82 Å². The Morgan fingerprint density at radius 3 is 2.06 bits per heavy atom. The third kappa shape index (κ3) is 6.33. The van der Waals surface area contributed by atoms with Gasteiger partial charge in [-0.3, -0.25) is 9.36 Å². The molecule has 2 N–H and O–H groups in total. The molecule has 0 bridgehead atoms. The van der Waals surface area contributed by atoms with E-state index in [-0.39, 0.29) is 5.91 Å². The molecule has 3 aromatic carbocycles. The zero-order chi connectivity index (χ0) is 33.2. The first-order valence-electron chi connectivity index (χ1n) is 17.8. The van der Waals surface area contributed by atoms with E-state index in [0.29, 0.717) is 23.5 Å². The molecule has 1 aliphatic heterocycles. The Morgan fingerprint density at radius 1 is 0.673 bits per heavy atom. The average molecular weight is 647 g/mol. The molecule has 8 rings (SSSR count). The lowest BCUT2D eigenvalue weighted by molar-refractivity contribution is 0.0602. The standard InChI is InChI=1S/C42H42N6O/c43-39-36(15-10-26-44-39)40-46-38-25-24-37(32-13-8-5-9-14-32)45-41(38)48(40)35-22-20-31(21-23-35)34-27-47(28-34)42(49)33-18-16-30(17-19-33)29-11-6-3-1-2-4-7-12-29/h5,8-10,13-26,29,34H,1-4,6-7,11-12,27-28H2,(H2,43,44). The van der Waals surface area contributed by atoms with Crippen molar-refractivity contribution in [3.63, 3.8) is 0 Å². The smallest absolute Gasteiger partial charge is 0.253 e. The number of anilines is 1. The van der Waals surface area contributed by atoms with E-state index in [0.717, 1.165) is 52.3 Å². The molecule has 1 aliphatic carbocycles. The van der Waals surface area contributed by atoms with Crippen molar-refractivity contribution >= 4 is 22.9 Å². The van der Waals surface area contributed by atoms with Crippen LogP contribution in [-0.4, -0.2) is 43.4 Å². The SMILES string of the molecule is Nc1ncccc1-c1nc2ccc(-c3ccccc3)nc2n1-c1ccc(C2CN(C(=O)c3ccc(C4CCCCCCCC4)cc3)C2)cc1. The molecule has 246 valence electrons. The van der Waals surface area contributed by atoms with E-state index in [1.165, 1.54) is 62.5 Å². The van der Waals surface area contributed by atoms with Crippen LogP contribution in [0.5, 0.6) is 0 Å². The van der Waals surface area contributed by atoms with Gasteiger partial charge in [-0.05, 0) is 78.4 Å². The van der Waals surface area contributed by atoms with Crippen molar-refractivity contribution in [3.05, 3.63) is 126 Å². The summed E-state index contributed by atoms with van der Waals surface area (Å²) >= 11 is 0. The maximum absolute atomic E-state index is 13.4. The fraction of sp³-hybridized carbons (Fsp3) is 0.286. The predicted molar refractivity (Wildman–Crippen MR) is 197 cm³/mol. The zero-order valence-corrected chi connectivity index (χ0v) is 27.8. The molecule has 2 fully saturated rings. The van der Waals surface area contributed by atoms with Crippen LogP contribution >= 0.6 is 0 Å². The minimum absolute atomic E-state index is 0.123. The quantitative estimate of drug-likeness (QED) is 0.195. The fourth-order valence-corrected chi connectivity index (χ4v) is 7.56. The van der Waals surface area contributed by atoms with Gasteiger partial charge >= 0.3 is 0 Å². The van der Waals surface area contributed by atoms with Gasteiger partial charge in [0, 0.05) is 42.0 Å². The lowest BCUT2D eigenvalue weighted by atomic mass is 9.88. The summed E-state index contributed by atoms with van der Waals surface area (Å²) in [5, 5.41) is 0. The number of likely N-dealkylation sites (tertiary alicyclic amines) is 1. The predicted octanol–water partition coefficient (Wildman–Crippen LogP) is 9.19. The lowest BCUT2D eigenvalue weighted by Gasteiger charge is -2.39. The molecule has 7 heteroatoms. The number of imidazole rings is 1. The highest BCUT2D eigenvalue weighted by molar-refractivity contribution is 5.95. The summed E-state index contributed by atoms with van der Waals surface area (Å²) in [6.07, 6.45) is 12.3. The first-order valence-corrected chi connectivity index (χ1v) is 17.8. The van der Waals surface area contributed by atoms with Crippen molar-refractivity contribution in [2.45, 2.75) is 63.2 Å². The third-order valence-electron chi connectivity index (χ3n) is 10.4. The van der Waals surface area contributed by atoms with Crippen LogP contribution in [0.25, 0.3) is 39.5 Å². The number of nitrogens with two attached hydrogens (primary N) is 1. The van der Waals surface area contributed by atoms with E-state index >= 15 is 0 Å². The molecule has 0 radical (unpaired) electrons. The van der Waals surface area contributed by atoms with Gasteiger partial charge in [0.2, 0.25) is 0 Å². The average Bonchev–Trinajstić information content (AvgIpc) is 3.56. The number of aromatic nitrogens is 4. The number of fused-ring (bicyclic) bond motifs is 1. The van der Waals surface area contributed by atoms with E-state index in [1.807, 2.05) is 59.5 Å². The van der Waals surface area contributed by atoms with E-state index < -0.39 is 0 Å². The number of hydrogen-bond acceptors (Lipinski definition) is 5. The molecule has 1 saturated heterocycles. The third-order valence-corrected chi connectivity index (χ3v) is 10.4. The van der Waals surface area contributed by atoms with Crippen LogP contribution in [0, 0.1) is 0 Å². The van der Waals surface area contributed by atoms with Gasteiger partial charge in [0.25, 0.3) is 5.91 Å². The molecule has 6 aromatic rings. The maximum Gasteiger partial charge on any atom is 0.253 e. The van der Waals surface area contributed by atoms with Crippen LogP contribution in [0.1, 0.15) is 84.7 Å². The molecule has 49 heavy (non-hydrogen) atoms. The van der Waals surface area contributed by atoms with E-state index in [4.69, 9.17) is 15.7 Å². The van der Waals surface area contributed by atoms with Gasteiger partial charge in [-0.25, -0.2) is 15.0 Å². The lowest BCUT2D eigenvalue weighted by Crippen LogP contribution is -2.48. The number of carbonyl (C=O) groups excluding carboxylic acids is 1. The van der Waals surface area contributed by atoms with Gasteiger partial charge in [-0.15, -0.1) is 0 Å². The van der Waals surface area contributed by atoms with Gasteiger partial charge in [0.15, 0.2) is 11.5 Å². The summed E-state index contributed by atoms with van der Waals surface area (Å²) in [6, 6.07) is 35.1. The molecular formula is C42H42N6O. The summed E-state index contributed by atoms with van der Waals surface area (Å²) in [5.74, 6) is 2.16. The molecule has 0 spiro atoms. The highest BCUT2D eigenvalue weighted by Crippen LogP contribution is 2.35. The second kappa shape index (κ2) is 13.7.